The predicted octanol–water partition coefficient (Wildman–Crippen LogP) is 2.02. The molecule has 1 aromatic carbocycles. The second-order valence-electron chi connectivity index (χ2n) is 2.27. The van der Waals surface area contributed by atoms with Crippen molar-refractivity contribution in [2.75, 3.05) is 0 Å². The maximum atomic E-state index is 13.1. The smallest absolute Gasteiger partial charge is 0.235 e. The second kappa shape index (κ2) is 4.03. The molecule has 0 aliphatic carbocycles. The topological polar surface area (TPSA) is 49.7 Å². The Morgan fingerprint density at radius 1 is 1.62 bits per heavy atom. The molecule has 13 heavy (non-hydrogen) atoms. The summed E-state index contributed by atoms with van der Waals surface area (Å²) in [5.41, 5.74) is -0.101. The minimum atomic E-state index is -0.763. The highest BCUT2D eigenvalue weighted by molar-refractivity contribution is 6.30. The van der Waals surface area contributed by atoms with E-state index in [4.69, 9.17) is 16.7 Å². The van der Waals surface area contributed by atoms with Crippen LogP contribution in [0.15, 0.2) is 17.1 Å². The van der Waals surface area contributed by atoms with Crippen molar-refractivity contribution in [1.82, 2.24) is 0 Å². The minimum Gasteiger partial charge on any atom is -0.507 e. The number of hydrogen-bond donors (Lipinski definition) is 1. The maximum absolute atomic E-state index is 13.1. The molecule has 0 heterocycles. The first-order chi connectivity index (χ1) is 6.16. The molecule has 5 heteroatoms. The van der Waals surface area contributed by atoms with Gasteiger partial charge in [-0.15, -0.1) is 0 Å². The van der Waals surface area contributed by atoms with Crippen LogP contribution in [0.4, 0.5) is 4.39 Å². The Kier molecular flexibility index (Phi) is 3.01. The zero-order valence-corrected chi connectivity index (χ0v) is 7.18. The van der Waals surface area contributed by atoms with Crippen LogP contribution in [0.1, 0.15) is 5.56 Å². The molecule has 3 nitrogen and oxygen atoms in total. The summed E-state index contributed by atoms with van der Waals surface area (Å²) >= 11 is 5.44. The monoisotopic (exact) mass is 201 g/mol. The van der Waals surface area contributed by atoms with Gasteiger partial charge < -0.3 is 5.11 Å². The van der Waals surface area contributed by atoms with E-state index in [0.29, 0.717) is 0 Å². The third kappa shape index (κ3) is 2.05. The van der Waals surface area contributed by atoms with Gasteiger partial charge in [-0.1, -0.05) is 11.6 Å². The number of halogens is 2. The number of hydrogen-bond acceptors (Lipinski definition) is 3. The lowest BCUT2D eigenvalue weighted by Gasteiger charge is -2.02. The van der Waals surface area contributed by atoms with Gasteiger partial charge in [0, 0.05) is 0 Å². The van der Waals surface area contributed by atoms with E-state index in [-0.39, 0.29) is 22.9 Å². The van der Waals surface area contributed by atoms with Crippen LogP contribution in [-0.2, 0) is 11.3 Å². The number of aromatic hydroxyl groups is 1. The third-order valence-electron chi connectivity index (χ3n) is 1.47. The van der Waals surface area contributed by atoms with E-state index in [1.54, 1.807) is 0 Å². The van der Waals surface area contributed by atoms with Gasteiger partial charge >= 0.3 is 0 Å². The van der Waals surface area contributed by atoms with Gasteiger partial charge in [0.25, 0.3) is 0 Å². The summed E-state index contributed by atoms with van der Waals surface area (Å²) in [6, 6.07) is 2.46. The van der Waals surface area contributed by atoms with Crippen molar-refractivity contribution < 1.29 is 14.3 Å². The molecule has 0 fully saturated rings. The van der Waals surface area contributed by atoms with Gasteiger partial charge in [0.05, 0.1) is 17.1 Å². The predicted molar refractivity (Wildman–Crippen MR) is 44.9 cm³/mol. The Labute approximate surface area is 78.5 Å². The highest BCUT2D eigenvalue weighted by Crippen LogP contribution is 2.26. The van der Waals surface area contributed by atoms with E-state index in [9.17, 15) is 9.18 Å². The quantitative estimate of drug-likeness (QED) is 0.588. The van der Waals surface area contributed by atoms with Gasteiger partial charge in [0.15, 0.2) is 5.82 Å². The highest BCUT2D eigenvalue weighted by Gasteiger charge is 2.10. The fourth-order valence-electron chi connectivity index (χ4n) is 0.844. The van der Waals surface area contributed by atoms with Crippen molar-refractivity contribution in [3.8, 4) is 5.75 Å². The standard InChI is InChI=1S/C8H5ClFNO2/c9-6-1-2-7(13)5(8(6)10)3-11-4-12/h1-2,13H,3H2. The average molecular weight is 202 g/mol. The Hall–Kier alpha value is -1.38. The Balaban J connectivity index is 3.16. The fraction of sp³-hybridized carbons (Fsp3) is 0.125. The first-order valence-electron chi connectivity index (χ1n) is 3.36. The number of isocyanates is 1. The SMILES string of the molecule is O=C=NCc1c(O)ccc(Cl)c1F. The molecule has 0 aromatic heterocycles. The highest BCUT2D eigenvalue weighted by atomic mass is 35.5. The molecule has 0 saturated heterocycles. The maximum Gasteiger partial charge on any atom is 0.235 e. The third-order valence-corrected chi connectivity index (χ3v) is 1.76. The van der Waals surface area contributed by atoms with Gasteiger partial charge in [-0.05, 0) is 12.1 Å². The number of benzene rings is 1. The van der Waals surface area contributed by atoms with Crippen molar-refractivity contribution in [3.05, 3.63) is 28.5 Å². The van der Waals surface area contributed by atoms with E-state index in [1.807, 2.05) is 0 Å². The summed E-state index contributed by atoms with van der Waals surface area (Å²) in [4.78, 5) is 12.9. The number of phenolic OH excluding ortho intramolecular Hbond substituents is 1. The van der Waals surface area contributed by atoms with Crippen molar-refractivity contribution in [1.29, 1.82) is 0 Å². The van der Waals surface area contributed by atoms with Crippen molar-refractivity contribution in [2.45, 2.75) is 6.54 Å². The molecule has 0 radical (unpaired) electrons. The minimum absolute atomic E-state index is 0.101. The molecule has 0 amide bonds. The van der Waals surface area contributed by atoms with Crippen LogP contribution in [0.5, 0.6) is 5.75 Å². The molecule has 1 rings (SSSR count). The zero-order chi connectivity index (χ0) is 9.84. The Morgan fingerprint density at radius 3 is 2.92 bits per heavy atom. The van der Waals surface area contributed by atoms with Crippen LogP contribution in [0, 0.1) is 5.82 Å². The van der Waals surface area contributed by atoms with Gasteiger partial charge in [0.1, 0.15) is 5.75 Å². The number of phenols is 1. The van der Waals surface area contributed by atoms with Crippen LogP contribution in [-0.4, -0.2) is 11.2 Å². The lowest BCUT2D eigenvalue weighted by atomic mass is 10.2. The normalized spacial score (nSPS) is 9.38. The molecule has 0 atom stereocenters. The fourth-order valence-corrected chi connectivity index (χ4v) is 1.02. The van der Waals surface area contributed by atoms with Gasteiger partial charge in [0.2, 0.25) is 6.08 Å². The lowest BCUT2D eigenvalue weighted by molar-refractivity contribution is 0.459. The number of aliphatic imine (C=N–C) groups is 1. The van der Waals surface area contributed by atoms with E-state index in [1.165, 1.54) is 18.2 Å². The summed E-state index contributed by atoms with van der Waals surface area (Å²) in [7, 11) is 0. The van der Waals surface area contributed by atoms with Gasteiger partial charge in [-0.2, -0.15) is 0 Å². The average Bonchev–Trinajstić information content (AvgIpc) is 2.12. The largest absolute Gasteiger partial charge is 0.507 e. The summed E-state index contributed by atoms with van der Waals surface area (Å²) in [6.07, 6.45) is 1.24. The van der Waals surface area contributed by atoms with E-state index in [2.05, 4.69) is 4.99 Å². The molecule has 0 bridgehead atoms. The van der Waals surface area contributed by atoms with Crippen LogP contribution in [0.25, 0.3) is 0 Å². The zero-order valence-electron chi connectivity index (χ0n) is 6.42. The second-order valence-corrected chi connectivity index (χ2v) is 2.67. The van der Waals surface area contributed by atoms with E-state index >= 15 is 0 Å². The molecule has 0 saturated carbocycles. The van der Waals surface area contributed by atoms with Crippen LogP contribution < -0.4 is 0 Å². The van der Waals surface area contributed by atoms with Crippen LogP contribution in [0.2, 0.25) is 5.02 Å². The first-order valence-corrected chi connectivity index (χ1v) is 3.74. The summed E-state index contributed by atoms with van der Waals surface area (Å²) in [5.74, 6) is -1.04. The molecular formula is C8H5ClFNO2. The molecule has 0 aliphatic heterocycles. The number of nitrogens with zero attached hydrogens (tertiary/aromatic N) is 1. The van der Waals surface area contributed by atoms with E-state index in [0.717, 1.165) is 0 Å². The number of carbonyl (C=O) groups excluding carboxylic acids is 1. The molecule has 0 aliphatic rings. The molecular weight excluding hydrogens is 197 g/mol. The van der Waals surface area contributed by atoms with Gasteiger partial charge in [-0.3, -0.25) is 0 Å². The molecule has 0 unspecified atom stereocenters. The Bertz CT molecular complexity index is 375. The number of rotatable bonds is 2. The first kappa shape index (κ1) is 9.71. The molecule has 1 aromatic rings. The summed E-state index contributed by atoms with van der Waals surface area (Å²) in [5, 5.41) is 9.04. The summed E-state index contributed by atoms with van der Waals surface area (Å²) < 4.78 is 13.1. The van der Waals surface area contributed by atoms with Crippen molar-refractivity contribution in [2.24, 2.45) is 4.99 Å². The Morgan fingerprint density at radius 2 is 2.31 bits per heavy atom. The summed E-state index contributed by atoms with van der Waals surface area (Å²) in [6.45, 7) is -0.262. The van der Waals surface area contributed by atoms with Crippen LogP contribution in [0.3, 0.4) is 0 Å². The molecule has 68 valence electrons. The molecule has 0 spiro atoms. The van der Waals surface area contributed by atoms with Crippen LogP contribution >= 0.6 is 11.6 Å². The van der Waals surface area contributed by atoms with Gasteiger partial charge in [-0.25, -0.2) is 14.2 Å². The van der Waals surface area contributed by atoms with Crippen molar-refractivity contribution >= 4 is 17.7 Å². The van der Waals surface area contributed by atoms with E-state index < -0.39 is 5.82 Å². The lowest BCUT2D eigenvalue weighted by Crippen LogP contribution is -1.90. The molecule has 1 N–H and O–H groups in total. The van der Waals surface area contributed by atoms with Crippen molar-refractivity contribution in [3.63, 3.8) is 0 Å².